The van der Waals surface area contributed by atoms with Gasteiger partial charge in [-0.05, 0) is 49.3 Å². The first kappa shape index (κ1) is 19.5. The highest BCUT2D eigenvalue weighted by Crippen LogP contribution is 2.18. The average Bonchev–Trinajstić information content (AvgIpc) is 2.58. The van der Waals surface area contributed by atoms with Gasteiger partial charge in [0.1, 0.15) is 0 Å². The molecule has 1 unspecified atom stereocenters. The number of esters is 1. The fraction of sp³-hybridized carbons (Fsp3) is 0.529. The van der Waals surface area contributed by atoms with Crippen LogP contribution in [0.15, 0.2) is 29.2 Å². The van der Waals surface area contributed by atoms with Crippen LogP contribution in [0, 0.1) is 0 Å². The minimum absolute atomic E-state index is 0.142. The third-order valence-corrected chi connectivity index (χ3v) is 4.32. The third kappa shape index (κ3) is 7.52. The molecule has 5 nitrogen and oxygen atoms in total. The smallest absolute Gasteiger partial charge is 0.334 e. The number of carbonyl (C=O) groups is 2. The molecule has 2 N–H and O–H groups in total. The SMILES string of the molecule is CCCSc1ccc(C(=O)NCCCOC(=O)C(O)CC)cc1. The molecule has 0 aliphatic carbocycles. The lowest BCUT2D eigenvalue weighted by molar-refractivity contribution is -0.153. The van der Waals surface area contributed by atoms with Crippen LogP contribution in [0.25, 0.3) is 0 Å². The quantitative estimate of drug-likeness (QED) is 0.389. The van der Waals surface area contributed by atoms with E-state index in [0.717, 1.165) is 17.1 Å². The number of aliphatic hydroxyl groups is 1. The molecule has 6 heteroatoms. The maximum absolute atomic E-state index is 12.0. The van der Waals surface area contributed by atoms with E-state index in [4.69, 9.17) is 4.74 Å². The van der Waals surface area contributed by atoms with Gasteiger partial charge in [0.05, 0.1) is 6.61 Å². The van der Waals surface area contributed by atoms with Crippen molar-refractivity contribution < 1.29 is 19.4 Å². The van der Waals surface area contributed by atoms with Gasteiger partial charge in [-0.3, -0.25) is 4.79 Å². The number of amides is 1. The average molecular weight is 339 g/mol. The lowest BCUT2D eigenvalue weighted by Crippen LogP contribution is -2.27. The normalized spacial score (nSPS) is 11.8. The fourth-order valence-corrected chi connectivity index (χ4v) is 2.50. The van der Waals surface area contributed by atoms with Crippen molar-refractivity contribution in [2.45, 2.75) is 44.1 Å². The minimum Gasteiger partial charge on any atom is -0.464 e. The van der Waals surface area contributed by atoms with E-state index in [1.54, 1.807) is 18.7 Å². The fourth-order valence-electron chi connectivity index (χ4n) is 1.73. The van der Waals surface area contributed by atoms with Crippen molar-refractivity contribution in [2.24, 2.45) is 0 Å². The van der Waals surface area contributed by atoms with Crippen LogP contribution in [0.4, 0.5) is 0 Å². The summed E-state index contributed by atoms with van der Waals surface area (Å²) < 4.78 is 4.89. The second kappa shape index (κ2) is 11.1. The Kier molecular flexibility index (Phi) is 9.40. The van der Waals surface area contributed by atoms with Crippen LogP contribution in [-0.2, 0) is 9.53 Å². The Morgan fingerprint density at radius 2 is 1.96 bits per heavy atom. The number of hydrogen-bond acceptors (Lipinski definition) is 5. The van der Waals surface area contributed by atoms with Crippen molar-refractivity contribution >= 4 is 23.6 Å². The highest BCUT2D eigenvalue weighted by atomic mass is 32.2. The van der Waals surface area contributed by atoms with E-state index >= 15 is 0 Å². The van der Waals surface area contributed by atoms with Crippen molar-refractivity contribution in [1.29, 1.82) is 0 Å². The number of thioether (sulfide) groups is 1. The van der Waals surface area contributed by atoms with E-state index in [9.17, 15) is 14.7 Å². The van der Waals surface area contributed by atoms with Gasteiger partial charge < -0.3 is 15.2 Å². The van der Waals surface area contributed by atoms with Crippen molar-refractivity contribution in [3.8, 4) is 0 Å². The molecule has 0 heterocycles. The van der Waals surface area contributed by atoms with Crippen LogP contribution in [0.5, 0.6) is 0 Å². The number of benzene rings is 1. The van der Waals surface area contributed by atoms with Crippen LogP contribution < -0.4 is 5.32 Å². The molecule has 0 fully saturated rings. The van der Waals surface area contributed by atoms with Gasteiger partial charge in [0, 0.05) is 17.0 Å². The van der Waals surface area contributed by atoms with Gasteiger partial charge in [-0.15, -0.1) is 11.8 Å². The Balaban J connectivity index is 2.25. The largest absolute Gasteiger partial charge is 0.464 e. The number of carbonyl (C=O) groups excluding carboxylic acids is 2. The first-order chi connectivity index (χ1) is 11.1. The lowest BCUT2D eigenvalue weighted by Gasteiger charge is -2.09. The summed E-state index contributed by atoms with van der Waals surface area (Å²) >= 11 is 1.77. The summed E-state index contributed by atoms with van der Waals surface area (Å²) in [6.07, 6.45) is 0.904. The third-order valence-electron chi connectivity index (χ3n) is 3.10. The van der Waals surface area contributed by atoms with E-state index < -0.39 is 12.1 Å². The number of rotatable bonds is 10. The second-order valence-corrected chi connectivity index (χ2v) is 6.24. The standard InChI is InChI=1S/C17H25NO4S/c1-3-12-23-14-8-6-13(7-9-14)16(20)18-10-5-11-22-17(21)15(19)4-2/h6-9,15,19H,3-5,10-12H2,1-2H3,(H,18,20). The predicted octanol–water partition coefficient (Wildman–Crippen LogP) is 2.62. The van der Waals surface area contributed by atoms with E-state index in [1.807, 2.05) is 24.3 Å². The van der Waals surface area contributed by atoms with Gasteiger partial charge in [-0.2, -0.15) is 0 Å². The zero-order valence-electron chi connectivity index (χ0n) is 13.7. The molecule has 0 spiro atoms. The molecule has 128 valence electrons. The van der Waals surface area contributed by atoms with Crippen LogP contribution in [0.2, 0.25) is 0 Å². The predicted molar refractivity (Wildman–Crippen MR) is 91.7 cm³/mol. The molecule has 0 aromatic heterocycles. The molecule has 1 amide bonds. The van der Waals surface area contributed by atoms with Crippen LogP contribution in [0.3, 0.4) is 0 Å². The Morgan fingerprint density at radius 3 is 2.57 bits per heavy atom. The van der Waals surface area contributed by atoms with Crippen LogP contribution >= 0.6 is 11.8 Å². The zero-order valence-corrected chi connectivity index (χ0v) is 14.5. The molecule has 0 aliphatic heterocycles. The van der Waals surface area contributed by atoms with Gasteiger partial charge in [0.2, 0.25) is 0 Å². The molecule has 0 saturated carbocycles. The molecule has 1 aromatic carbocycles. The van der Waals surface area contributed by atoms with Gasteiger partial charge in [0.15, 0.2) is 6.10 Å². The number of aliphatic hydroxyl groups excluding tert-OH is 1. The second-order valence-electron chi connectivity index (χ2n) is 5.07. The van der Waals surface area contributed by atoms with E-state index in [2.05, 4.69) is 12.2 Å². The molecular formula is C17H25NO4S. The maximum Gasteiger partial charge on any atom is 0.334 e. The summed E-state index contributed by atoms with van der Waals surface area (Å²) in [7, 11) is 0. The topological polar surface area (TPSA) is 75.6 Å². The molecule has 1 rings (SSSR count). The Morgan fingerprint density at radius 1 is 1.26 bits per heavy atom. The van der Waals surface area contributed by atoms with Crippen molar-refractivity contribution in [3.05, 3.63) is 29.8 Å². The molecule has 23 heavy (non-hydrogen) atoms. The number of nitrogens with one attached hydrogen (secondary N) is 1. The van der Waals surface area contributed by atoms with Gasteiger partial charge in [-0.1, -0.05) is 13.8 Å². The minimum atomic E-state index is -1.06. The first-order valence-electron chi connectivity index (χ1n) is 7.94. The Hall–Kier alpha value is -1.53. The van der Waals surface area contributed by atoms with Gasteiger partial charge in [-0.25, -0.2) is 4.79 Å². The molecule has 0 radical (unpaired) electrons. The summed E-state index contributed by atoms with van der Waals surface area (Å²) in [5, 5.41) is 12.0. The van der Waals surface area contributed by atoms with E-state index in [0.29, 0.717) is 24.9 Å². The van der Waals surface area contributed by atoms with Crippen molar-refractivity contribution in [3.63, 3.8) is 0 Å². The molecule has 1 atom stereocenters. The Bertz CT molecular complexity index is 490. The number of ether oxygens (including phenoxy) is 1. The molecule has 0 saturated heterocycles. The van der Waals surface area contributed by atoms with Crippen LogP contribution in [0.1, 0.15) is 43.5 Å². The zero-order chi connectivity index (χ0) is 17.1. The lowest BCUT2D eigenvalue weighted by atomic mass is 10.2. The first-order valence-corrected chi connectivity index (χ1v) is 8.92. The maximum atomic E-state index is 12.0. The van der Waals surface area contributed by atoms with E-state index in [1.165, 1.54) is 0 Å². The molecular weight excluding hydrogens is 314 g/mol. The summed E-state index contributed by atoms with van der Waals surface area (Å²) in [6, 6.07) is 7.52. The monoisotopic (exact) mass is 339 g/mol. The van der Waals surface area contributed by atoms with Crippen molar-refractivity contribution in [1.82, 2.24) is 5.32 Å². The van der Waals surface area contributed by atoms with E-state index in [-0.39, 0.29) is 12.5 Å². The van der Waals surface area contributed by atoms with Crippen molar-refractivity contribution in [2.75, 3.05) is 18.9 Å². The van der Waals surface area contributed by atoms with Gasteiger partial charge in [0.25, 0.3) is 5.91 Å². The summed E-state index contributed by atoms with van der Waals surface area (Å²) in [5.74, 6) is 0.313. The summed E-state index contributed by atoms with van der Waals surface area (Å²) in [5.41, 5.74) is 0.615. The summed E-state index contributed by atoms with van der Waals surface area (Å²) in [6.45, 7) is 4.44. The molecule has 0 bridgehead atoms. The van der Waals surface area contributed by atoms with Gasteiger partial charge >= 0.3 is 5.97 Å². The Labute approximate surface area is 141 Å². The van der Waals surface area contributed by atoms with Crippen LogP contribution in [-0.4, -0.2) is 42.0 Å². The highest BCUT2D eigenvalue weighted by Gasteiger charge is 2.13. The molecule has 1 aromatic rings. The summed E-state index contributed by atoms with van der Waals surface area (Å²) in [4.78, 5) is 24.4. The molecule has 0 aliphatic rings. The highest BCUT2D eigenvalue weighted by molar-refractivity contribution is 7.99. The number of hydrogen-bond donors (Lipinski definition) is 2.